The third kappa shape index (κ3) is 3.99. The molecule has 3 aromatic rings. The van der Waals surface area contributed by atoms with Gasteiger partial charge in [-0.3, -0.25) is 4.90 Å². The Morgan fingerprint density at radius 3 is 2.93 bits per heavy atom. The normalized spacial score (nSPS) is 17.8. The highest BCUT2D eigenvalue weighted by Gasteiger charge is 2.26. The lowest BCUT2D eigenvalue weighted by molar-refractivity contribution is 0.0600. The van der Waals surface area contributed by atoms with Gasteiger partial charge in [0, 0.05) is 37.2 Å². The maximum Gasteiger partial charge on any atom is 0.337 e. The van der Waals surface area contributed by atoms with Crippen molar-refractivity contribution in [1.29, 1.82) is 0 Å². The predicted molar refractivity (Wildman–Crippen MR) is 114 cm³/mol. The predicted octanol–water partition coefficient (Wildman–Crippen LogP) is 4.45. The van der Waals surface area contributed by atoms with Crippen LogP contribution < -0.4 is 4.90 Å². The number of hydrogen-bond acceptors (Lipinski definition) is 6. The van der Waals surface area contributed by atoms with Crippen molar-refractivity contribution in [2.75, 3.05) is 31.6 Å². The summed E-state index contributed by atoms with van der Waals surface area (Å²) < 4.78 is 5.94. The second-order valence-electron chi connectivity index (χ2n) is 7.08. The summed E-state index contributed by atoms with van der Waals surface area (Å²) in [4.78, 5) is 21.3. The second kappa shape index (κ2) is 8.07. The zero-order valence-corrected chi connectivity index (χ0v) is 17.5. The van der Waals surface area contributed by atoms with Gasteiger partial charge in [-0.2, -0.15) is 0 Å². The number of aromatic nitrogens is 1. The molecule has 0 radical (unpaired) electrons. The monoisotopic (exact) mass is 415 g/mol. The van der Waals surface area contributed by atoms with Gasteiger partial charge in [0.25, 0.3) is 0 Å². The van der Waals surface area contributed by atoms with E-state index in [4.69, 9.17) is 21.3 Å². The third-order valence-corrected chi connectivity index (χ3v) is 6.34. The number of ether oxygens (including phenoxy) is 1. The molecular weight excluding hydrogens is 394 g/mol. The van der Waals surface area contributed by atoms with Gasteiger partial charge in [-0.15, -0.1) is 0 Å². The van der Waals surface area contributed by atoms with Crippen LogP contribution in [0.4, 0.5) is 5.13 Å². The maximum atomic E-state index is 11.7. The standard InChI is InChI=1S/C21H22ClN3O2S/c1-14-12-24(13-15-4-3-5-16(10-15)20(26)27-2)8-9-25(14)21-23-18-7-6-17(22)11-19(18)28-21/h3-7,10-11,14H,8-9,12-13H2,1-2H3. The van der Waals surface area contributed by atoms with Crippen LogP contribution in [0.3, 0.4) is 0 Å². The number of piperazine rings is 1. The van der Waals surface area contributed by atoms with Crippen molar-refractivity contribution >= 4 is 44.3 Å². The molecule has 4 rings (SSSR count). The quantitative estimate of drug-likeness (QED) is 0.589. The van der Waals surface area contributed by atoms with Crippen LogP contribution in [0, 0.1) is 0 Å². The Kier molecular flexibility index (Phi) is 5.53. The Morgan fingerprint density at radius 2 is 2.14 bits per heavy atom. The van der Waals surface area contributed by atoms with Gasteiger partial charge in [0.05, 0.1) is 22.9 Å². The summed E-state index contributed by atoms with van der Waals surface area (Å²) in [6.45, 7) is 5.86. The van der Waals surface area contributed by atoms with E-state index >= 15 is 0 Å². The van der Waals surface area contributed by atoms with Gasteiger partial charge in [-0.1, -0.05) is 35.1 Å². The summed E-state index contributed by atoms with van der Waals surface area (Å²) in [5.41, 5.74) is 2.72. The third-order valence-electron chi connectivity index (χ3n) is 5.05. The average Bonchev–Trinajstić information content (AvgIpc) is 3.10. The van der Waals surface area contributed by atoms with Gasteiger partial charge in [-0.25, -0.2) is 9.78 Å². The molecule has 5 nitrogen and oxygen atoms in total. The van der Waals surface area contributed by atoms with E-state index in [0.717, 1.165) is 52.1 Å². The van der Waals surface area contributed by atoms with E-state index < -0.39 is 0 Å². The van der Waals surface area contributed by atoms with Crippen molar-refractivity contribution in [2.45, 2.75) is 19.5 Å². The Hall–Kier alpha value is -2.15. The Bertz CT molecular complexity index is 1010. The second-order valence-corrected chi connectivity index (χ2v) is 8.52. The number of benzene rings is 2. The molecule has 0 amide bonds. The number of hydrogen-bond donors (Lipinski definition) is 0. The molecule has 0 aliphatic carbocycles. The van der Waals surface area contributed by atoms with Crippen molar-refractivity contribution < 1.29 is 9.53 Å². The summed E-state index contributed by atoms with van der Waals surface area (Å²) in [6.07, 6.45) is 0. The van der Waals surface area contributed by atoms with E-state index in [2.05, 4.69) is 22.8 Å². The van der Waals surface area contributed by atoms with Crippen LogP contribution in [0.15, 0.2) is 42.5 Å². The molecule has 2 aromatic carbocycles. The number of thiazole rings is 1. The van der Waals surface area contributed by atoms with Crippen LogP contribution in [-0.2, 0) is 11.3 Å². The lowest BCUT2D eigenvalue weighted by Crippen LogP contribution is -2.51. The van der Waals surface area contributed by atoms with Gasteiger partial charge in [-0.05, 0) is 42.8 Å². The summed E-state index contributed by atoms with van der Waals surface area (Å²) in [7, 11) is 1.41. The molecule has 0 bridgehead atoms. The summed E-state index contributed by atoms with van der Waals surface area (Å²) in [6, 6.07) is 13.9. The van der Waals surface area contributed by atoms with Crippen LogP contribution in [-0.4, -0.2) is 48.6 Å². The van der Waals surface area contributed by atoms with E-state index in [-0.39, 0.29) is 5.97 Å². The Labute approximate surface area is 173 Å². The maximum absolute atomic E-state index is 11.7. The zero-order chi connectivity index (χ0) is 19.7. The summed E-state index contributed by atoms with van der Waals surface area (Å²) in [5.74, 6) is -0.295. The number of esters is 1. The smallest absolute Gasteiger partial charge is 0.337 e. The van der Waals surface area contributed by atoms with Crippen molar-refractivity contribution in [1.82, 2.24) is 9.88 Å². The SMILES string of the molecule is COC(=O)c1cccc(CN2CCN(c3nc4ccc(Cl)cc4s3)C(C)C2)c1. The highest BCUT2D eigenvalue weighted by molar-refractivity contribution is 7.22. The molecule has 1 unspecified atom stereocenters. The van der Waals surface area contributed by atoms with Crippen molar-refractivity contribution in [3.8, 4) is 0 Å². The first-order chi connectivity index (χ1) is 13.5. The van der Waals surface area contributed by atoms with Gasteiger partial charge in [0.2, 0.25) is 0 Å². The highest BCUT2D eigenvalue weighted by atomic mass is 35.5. The number of nitrogens with zero attached hydrogens (tertiary/aromatic N) is 3. The number of carbonyl (C=O) groups excluding carboxylic acids is 1. The van der Waals surface area contributed by atoms with Gasteiger partial charge < -0.3 is 9.64 Å². The number of halogens is 1. The first-order valence-corrected chi connectivity index (χ1v) is 10.5. The van der Waals surface area contributed by atoms with E-state index in [0.29, 0.717) is 11.6 Å². The largest absolute Gasteiger partial charge is 0.465 e. The van der Waals surface area contributed by atoms with E-state index in [9.17, 15) is 4.79 Å². The van der Waals surface area contributed by atoms with E-state index in [1.807, 2.05) is 30.3 Å². The molecule has 2 heterocycles. The number of fused-ring (bicyclic) bond motifs is 1. The molecule has 1 aliphatic heterocycles. The van der Waals surface area contributed by atoms with Crippen molar-refractivity contribution in [3.63, 3.8) is 0 Å². The molecule has 0 saturated carbocycles. The number of anilines is 1. The molecule has 1 atom stereocenters. The van der Waals surface area contributed by atoms with Crippen LogP contribution in [0.5, 0.6) is 0 Å². The van der Waals surface area contributed by atoms with E-state index in [1.165, 1.54) is 7.11 Å². The van der Waals surface area contributed by atoms with Crippen molar-refractivity contribution in [3.05, 3.63) is 58.6 Å². The fourth-order valence-electron chi connectivity index (χ4n) is 3.64. The summed E-state index contributed by atoms with van der Waals surface area (Å²) >= 11 is 7.80. The fourth-order valence-corrected chi connectivity index (χ4v) is 5.01. The highest BCUT2D eigenvalue weighted by Crippen LogP contribution is 2.32. The van der Waals surface area contributed by atoms with Gasteiger partial charge >= 0.3 is 5.97 Å². The first kappa shape index (κ1) is 19.2. The first-order valence-electron chi connectivity index (χ1n) is 9.26. The zero-order valence-electron chi connectivity index (χ0n) is 15.9. The number of rotatable bonds is 4. The number of carbonyl (C=O) groups is 1. The Balaban J connectivity index is 1.44. The van der Waals surface area contributed by atoms with Crippen LogP contribution >= 0.6 is 22.9 Å². The molecule has 1 saturated heterocycles. The molecule has 0 N–H and O–H groups in total. The molecule has 1 aromatic heterocycles. The minimum atomic E-state index is -0.295. The lowest BCUT2D eigenvalue weighted by atomic mass is 10.1. The van der Waals surface area contributed by atoms with Gasteiger partial charge in [0.15, 0.2) is 5.13 Å². The van der Waals surface area contributed by atoms with Gasteiger partial charge in [0.1, 0.15) is 0 Å². The minimum Gasteiger partial charge on any atom is -0.465 e. The molecule has 28 heavy (non-hydrogen) atoms. The van der Waals surface area contributed by atoms with Crippen LogP contribution in [0.1, 0.15) is 22.8 Å². The minimum absolute atomic E-state index is 0.295. The summed E-state index contributed by atoms with van der Waals surface area (Å²) in [5, 5.41) is 1.80. The molecule has 146 valence electrons. The molecule has 1 aliphatic rings. The molecule has 0 spiro atoms. The van der Waals surface area contributed by atoms with E-state index in [1.54, 1.807) is 17.4 Å². The fraction of sp³-hybridized carbons (Fsp3) is 0.333. The number of methoxy groups -OCH3 is 1. The van der Waals surface area contributed by atoms with Crippen LogP contribution in [0.2, 0.25) is 5.02 Å². The molecule has 7 heteroatoms. The topological polar surface area (TPSA) is 45.7 Å². The average molecular weight is 416 g/mol. The van der Waals surface area contributed by atoms with Crippen LogP contribution in [0.25, 0.3) is 10.2 Å². The Morgan fingerprint density at radius 1 is 1.29 bits per heavy atom. The molecular formula is C21H22ClN3O2S. The lowest BCUT2D eigenvalue weighted by Gasteiger charge is -2.39. The van der Waals surface area contributed by atoms with Crippen molar-refractivity contribution in [2.24, 2.45) is 0 Å². The molecule has 1 fully saturated rings.